The number of anilines is 1. The van der Waals surface area contributed by atoms with Crippen molar-refractivity contribution >= 4 is 63.5 Å². The monoisotopic (exact) mass is 743 g/mol. The van der Waals surface area contributed by atoms with Crippen molar-refractivity contribution in [1.29, 1.82) is 0 Å². The van der Waals surface area contributed by atoms with E-state index in [-0.39, 0.29) is 25.5 Å². The van der Waals surface area contributed by atoms with Gasteiger partial charge in [-0.15, -0.1) is 0 Å². The zero-order valence-corrected chi connectivity index (χ0v) is 30.1. The minimum absolute atomic E-state index is 0.00147. The summed E-state index contributed by atoms with van der Waals surface area (Å²) in [6, 6.07) is 26.4. The zero-order chi connectivity index (χ0) is 37.0. The lowest BCUT2D eigenvalue weighted by molar-refractivity contribution is -0.129. The van der Waals surface area contributed by atoms with Gasteiger partial charge in [-0.05, 0) is 78.7 Å². The number of nitrogens with zero attached hydrogens (tertiary/aromatic N) is 3. The summed E-state index contributed by atoms with van der Waals surface area (Å²) in [6.07, 6.45) is 2.70. The van der Waals surface area contributed by atoms with Crippen LogP contribution < -0.4 is 21.7 Å². The average molecular weight is 745 g/mol. The molecule has 0 aliphatic carbocycles. The van der Waals surface area contributed by atoms with Crippen molar-refractivity contribution in [3.8, 4) is 0 Å². The fraction of sp³-hybridized carbons (Fsp3) is 0.231. The first-order chi connectivity index (χ1) is 25.0. The minimum atomic E-state index is -0.887. The maximum absolute atomic E-state index is 13.8. The van der Waals surface area contributed by atoms with Crippen LogP contribution in [0.5, 0.6) is 0 Å². The molecular weight excluding hydrogens is 704 g/mol. The van der Waals surface area contributed by atoms with E-state index in [1.54, 1.807) is 43.3 Å². The molecule has 0 spiro atoms. The van der Waals surface area contributed by atoms with Crippen LogP contribution in [0.25, 0.3) is 10.9 Å². The molecular formula is C39H40Cl2FN7O3. The number of amides is 4. The van der Waals surface area contributed by atoms with Gasteiger partial charge in [-0.1, -0.05) is 77.8 Å². The predicted octanol–water partition coefficient (Wildman–Crippen LogP) is 7.13. The average Bonchev–Trinajstić information content (AvgIpc) is 3.52. The number of carbonyl (C=O) groups excluding carboxylic acids is 3. The first-order valence-electron chi connectivity index (χ1n) is 16.8. The molecule has 1 heterocycles. The van der Waals surface area contributed by atoms with Crippen molar-refractivity contribution in [2.45, 2.75) is 45.4 Å². The molecule has 13 heteroatoms. The van der Waals surface area contributed by atoms with Gasteiger partial charge in [-0.2, -0.15) is 0 Å². The second kappa shape index (κ2) is 18.2. The van der Waals surface area contributed by atoms with Crippen LogP contribution in [0, 0.1) is 5.82 Å². The van der Waals surface area contributed by atoms with Gasteiger partial charge in [-0.3, -0.25) is 14.6 Å². The molecule has 1 atom stereocenters. The van der Waals surface area contributed by atoms with Crippen LogP contribution in [-0.2, 0) is 29.2 Å². The molecule has 4 amide bonds. The molecule has 4 aromatic carbocycles. The van der Waals surface area contributed by atoms with Gasteiger partial charge in [0.05, 0.1) is 17.9 Å². The number of nitrogens with two attached hydrogens (primary N) is 1. The largest absolute Gasteiger partial charge is 0.388 e. The number of hydrogen-bond acceptors (Lipinski definition) is 4. The smallest absolute Gasteiger partial charge is 0.322 e. The Morgan fingerprint density at radius 1 is 0.923 bits per heavy atom. The molecule has 0 aliphatic rings. The van der Waals surface area contributed by atoms with Crippen LogP contribution in [-0.4, -0.2) is 52.3 Å². The number of aromatic nitrogens is 1. The first-order valence-corrected chi connectivity index (χ1v) is 17.5. The molecule has 1 unspecified atom stereocenters. The topological polar surface area (TPSA) is 134 Å². The number of urea groups is 1. The standard InChI is InChI=1S/C39H40Cl2FN7O3/c1-26(43)44-19-6-11-35(38(51)45-22-27-7-3-2-4-8-27)47-37(50)25-49(23-28-12-15-30(42)16-13-28)39(52)46-31-17-14-29-18-20-48(36(29)21-31)24-32-33(40)9-5-10-34(32)41/h2-5,7-10,12-18,20-21,35H,6,11,19,22-25H2,1H3,(H2,43,44)(H,45,51)(H,46,52)(H,47,50). The molecule has 0 saturated carbocycles. The third-order valence-electron chi connectivity index (χ3n) is 8.30. The number of nitrogens with one attached hydrogen (secondary N) is 3. The summed E-state index contributed by atoms with van der Waals surface area (Å²) in [7, 11) is 0. The van der Waals surface area contributed by atoms with Gasteiger partial charge in [0.15, 0.2) is 0 Å². The van der Waals surface area contributed by atoms with E-state index >= 15 is 0 Å². The van der Waals surface area contributed by atoms with Crippen molar-refractivity contribution in [2.75, 3.05) is 18.4 Å². The zero-order valence-electron chi connectivity index (χ0n) is 28.6. The summed E-state index contributed by atoms with van der Waals surface area (Å²) in [6.45, 7) is 2.38. The van der Waals surface area contributed by atoms with Crippen molar-refractivity contribution in [1.82, 2.24) is 20.1 Å². The van der Waals surface area contributed by atoms with Crippen molar-refractivity contribution in [2.24, 2.45) is 10.7 Å². The fourth-order valence-electron chi connectivity index (χ4n) is 5.61. The number of hydrogen-bond donors (Lipinski definition) is 4. The van der Waals surface area contributed by atoms with Gasteiger partial charge in [-0.25, -0.2) is 9.18 Å². The summed E-state index contributed by atoms with van der Waals surface area (Å²) >= 11 is 12.9. The van der Waals surface area contributed by atoms with Gasteiger partial charge in [0, 0.05) is 47.1 Å². The van der Waals surface area contributed by atoms with E-state index in [2.05, 4.69) is 20.9 Å². The van der Waals surface area contributed by atoms with Gasteiger partial charge >= 0.3 is 6.03 Å². The molecule has 270 valence electrons. The Balaban J connectivity index is 1.32. The number of amidine groups is 1. The van der Waals surface area contributed by atoms with Crippen molar-refractivity contribution in [3.63, 3.8) is 0 Å². The number of aliphatic imine (C=N–C) groups is 1. The Kier molecular flexibility index (Phi) is 13.3. The summed E-state index contributed by atoms with van der Waals surface area (Å²) in [5.41, 5.74) is 9.27. The van der Waals surface area contributed by atoms with Crippen LogP contribution in [0.2, 0.25) is 10.0 Å². The van der Waals surface area contributed by atoms with E-state index in [4.69, 9.17) is 28.9 Å². The van der Waals surface area contributed by atoms with E-state index in [9.17, 15) is 18.8 Å². The van der Waals surface area contributed by atoms with Crippen LogP contribution in [0.15, 0.2) is 108 Å². The van der Waals surface area contributed by atoms with E-state index in [0.29, 0.717) is 53.1 Å². The minimum Gasteiger partial charge on any atom is -0.388 e. The van der Waals surface area contributed by atoms with Crippen LogP contribution in [0.1, 0.15) is 36.5 Å². The Labute approximate surface area is 311 Å². The third kappa shape index (κ3) is 10.8. The third-order valence-corrected chi connectivity index (χ3v) is 9.01. The number of benzene rings is 4. The first kappa shape index (κ1) is 37.9. The number of fused-ring (bicyclic) bond motifs is 1. The van der Waals surface area contributed by atoms with Crippen LogP contribution in [0.4, 0.5) is 14.9 Å². The van der Waals surface area contributed by atoms with E-state index in [1.807, 2.05) is 59.3 Å². The number of halogens is 3. The van der Waals surface area contributed by atoms with Crippen molar-refractivity contribution in [3.05, 3.63) is 136 Å². The molecule has 0 saturated heterocycles. The molecule has 0 radical (unpaired) electrons. The summed E-state index contributed by atoms with van der Waals surface area (Å²) in [5.74, 6) is -0.912. The van der Waals surface area contributed by atoms with Crippen LogP contribution >= 0.6 is 23.2 Å². The van der Waals surface area contributed by atoms with Gasteiger partial charge in [0.25, 0.3) is 0 Å². The number of carbonyl (C=O) groups is 3. The summed E-state index contributed by atoms with van der Waals surface area (Å²) in [5, 5.41) is 10.6. The predicted molar refractivity (Wildman–Crippen MR) is 205 cm³/mol. The molecule has 0 bridgehead atoms. The van der Waals surface area contributed by atoms with Crippen molar-refractivity contribution < 1.29 is 18.8 Å². The highest BCUT2D eigenvalue weighted by Crippen LogP contribution is 2.28. The molecule has 0 aliphatic heterocycles. The molecule has 1 aromatic heterocycles. The molecule has 5 N–H and O–H groups in total. The lowest BCUT2D eigenvalue weighted by Crippen LogP contribution is -2.50. The lowest BCUT2D eigenvalue weighted by atomic mass is 10.1. The normalized spacial score (nSPS) is 12.0. The lowest BCUT2D eigenvalue weighted by Gasteiger charge is -2.25. The fourth-order valence-corrected chi connectivity index (χ4v) is 6.12. The van der Waals surface area contributed by atoms with E-state index in [0.717, 1.165) is 22.0 Å². The molecule has 0 fully saturated rings. The van der Waals surface area contributed by atoms with Gasteiger partial charge in [0.2, 0.25) is 11.8 Å². The molecule has 52 heavy (non-hydrogen) atoms. The highest BCUT2D eigenvalue weighted by Gasteiger charge is 2.24. The maximum atomic E-state index is 13.8. The molecule has 10 nitrogen and oxygen atoms in total. The highest BCUT2D eigenvalue weighted by atomic mass is 35.5. The SMILES string of the molecule is CC(N)=NCCCC(NC(=O)CN(Cc1ccc(F)cc1)C(=O)Nc1ccc2ccn(Cc3c(Cl)cccc3Cl)c2c1)C(=O)NCc1ccccc1. The Bertz CT molecular complexity index is 2010. The van der Waals surface area contributed by atoms with Gasteiger partial charge < -0.3 is 31.2 Å². The number of rotatable bonds is 15. The summed E-state index contributed by atoms with van der Waals surface area (Å²) < 4.78 is 15.7. The Hall–Kier alpha value is -5.39. The molecule has 5 aromatic rings. The van der Waals surface area contributed by atoms with E-state index < -0.39 is 23.8 Å². The second-order valence-corrected chi connectivity index (χ2v) is 13.1. The highest BCUT2D eigenvalue weighted by molar-refractivity contribution is 6.36. The summed E-state index contributed by atoms with van der Waals surface area (Å²) in [4.78, 5) is 46.2. The Morgan fingerprint density at radius 3 is 2.37 bits per heavy atom. The maximum Gasteiger partial charge on any atom is 0.322 e. The Morgan fingerprint density at radius 2 is 1.65 bits per heavy atom. The second-order valence-electron chi connectivity index (χ2n) is 12.3. The van der Waals surface area contributed by atoms with E-state index in [1.165, 1.54) is 17.0 Å². The quantitative estimate of drug-likeness (QED) is 0.0516. The van der Waals surface area contributed by atoms with Gasteiger partial charge in [0.1, 0.15) is 18.4 Å². The molecule has 5 rings (SSSR count). The van der Waals surface area contributed by atoms with Crippen LogP contribution in [0.3, 0.4) is 0 Å².